The van der Waals surface area contributed by atoms with E-state index < -0.39 is 0 Å². The third kappa shape index (κ3) is 3.34. The molecule has 0 bridgehead atoms. The molecule has 1 aromatic rings. The van der Waals surface area contributed by atoms with Crippen molar-refractivity contribution in [3.63, 3.8) is 0 Å². The third-order valence-electron chi connectivity index (χ3n) is 4.61. The number of piperidine rings is 1. The van der Waals surface area contributed by atoms with Gasteiger partial charge in [-0.3, -0.25) is 4.79 Å². The Morgan fingerprint density at radius 1 is 1.24 bits per heavy atom. The molecule has 1 saturated carbocycles. The van der Waals surface area contributed by atoms with Crippen LogP contribution in [0.5, 0.6) is 0 Å². The molecule has 0 atom stereocenters. The van der Waals surface area contributed by atoms with Gasteiger partial charge in [0.1, 0.15) is 0 Å². The minimum Gasteiger partial charge on any atom is -0.365 e. The van der Waals surface area contributed by atoms with Crippen molar-refractivity contribution in [1.29, 1.82) is 0 Å². The van der Waals surface area contributed by atoms with Gasteiger partial charge in [-0.25, -0.2) is 9.37 Å². The summed E-state index contributed by atoms with van der Waals surface area (Å²) in [6.45, 7) is 1.53. The van der Waals surface area contributed by atoms with Crippen molar-refractivity contribution in [3.8, 4) is 0 Å². The van der Waals surface area contributed by atoms with Crippen LogP contribution in [0.15, 0.2) is 18.3 Å². The van der Waals surface area contributed by atoms with Crippen molar-refractivity contribution in [1.82, 2.24) is 9.88 Å². The quantitative estimate of drug-likeness (QED) is 0.931. The van der Waals surface area contributed by atoms with Crippen molar-refractivity contribution >= 4 is 11.7 Å². The molecular formula is C16H22FN3O. The van der Waals surface area contributed by atoms with Gasteiger partial charge in [-0.1, -0.05) is 12.8 Å². The Hall–Kier alpha value is -1.65. The SMILES string of the molecule is O=C(C1CCCC1)N1CCC(Nc2ncccc2F)CC1. The number of carbonyl (C=O) groups is 1. The van der Waals surface area contributed by atoms with E-state index in [0.717, 1.165) is 38.8 Å². The van der Waals surface area contributed by atoms with Gasteiger partial charge in [-0.05, 0) is 37.8 Å². The van der Waals surface area contributed by atoms with Crippen LogP contribution in [-0.4, -0.2) is 34.9 Å². The minimum absolute atomic E-state index is 0.196. The van der Waals surface area contributed by atoms with E-state index in [1.54, 1.807) is 12.3 Å². The Morgan fingerprint density at radius 2 is 1.95 bits per heavy atom. The van der Waals surface area contributed by atoms with Gasteiger partial charge in [0, 0.05) is 31.2 Å². The van der Waals surface area contributed by atoms with Gasteiger partial charge >= 0.3 is 0 Å². The molecule has 2 aliphatic rings. The molecule has 1 aliphatic heterocycles. The maximum atomic E-state index is 13.6. The minimum atomic E-state index is -0.318. The second-order valence-corrected chi connectivity index (χ2v) is 6.06. The van der Waals surface area contributed by atoms with E-state index in [4.69, 9.17) is 0 Å². The lowest BCUT2D eigenvalue weighted by Gasteiger charge is -2.34. The van der Waals surface area contributed by atoms with Crippen LogP contribution < -0.4 is 5.32 Å². The summed E-state index contributed by atoms with van der Waals surface area (Å²) in [5, 5.41) is 3.15. The van der Waals surface area contributed by atoms with E-state index in [0.29, 0.717) is 11.7 Å². The Bertz CT molecular complexity index is 494. The first-order chi connectivity index (χ1) is 10.2. The number of aromatic nitrogens is 1. The number of nitrogens with one attached hydrogen (secondary N) is 1. The number of halogens is 1. The summed E-state index contributed by atoms with van der Waals surface area (Å²) in [6, 6.07) is 3.19. The van der Waals surface area contributed by atoms with E-state index in [9.17, 15) is 9.18 Å². The molecule has 0 radical (unpaired) electrons. The summed E-state index contributed by atoms with van der Waals surface area (Å²) in [5.41, 5.74) is 0. The molecule has 2 heterocycles. The molecule has 21 heavy (non-hydrogen) atoms. The third-order valence-corrected chi connectivity index (χ3v) is 4.61. The van der Waals surface area contributed by atoms with E-state index >= 15 is 0 Å². The average molecular weight is 291 g/mol. The van der Waals surface area contributed by atoms with Gasteiger partial charge in [-0.15, -0.1) is 0 Å². The molecular weight excluding hydrogens is 269 g/mol. The monoisotopic (exact) mass is 291 g/mol. The highest BCUT2D eigenvalue weighted by Crippen LogP contribution is 2.28. The molecule has 1 N–H and O–H groups in total. The number of likely N-dealkylation sites (tertiary alicyclic amines) is 1. The Morgan fingerprint density at radius 3 is 2.62 bits per heavy atom. The first kappa shape index (κ1) is 14.3. The largest absolute Gasteiger partial charge is 0.365 e. The van der Waals surface area contributed by atoms with E-state index in [1.165, 1.54) is 18.9 Å². The van der Waals surface area contributed by atoms with Crippen LogP contribution in [0, 0.1) is 11.7 Å². The highest BCUT2D eigenvalue weighted by molar-refractivity contribution is 5.79. The van der Waals surface area contributed by atoms with Gasteiger partial charge in [0.15, 0.2) is 11.6 Å². The number of anilines is 1. The Labute approximate surface area is 124 Å². The number of nitrogens with zero attached hydrogens (tertiary/aromatic N) is 2. The van der Waals surface area contributed by atoms with Gasteiger partial charge in [-0.2, -0.15) is 0 Å². The fourth-order valence-corrected chi connectivity index (χ4v) is 3.36. The van der Waals surface area contributed by atoms with E-state index in [-0.39, 0.29) is 17.8 Å². The number of hydrogen-bond donors (Lipinski definition) is 1. The summed E-state index contributed by atoms with van der Waals surface area (Å²) >= 11 is 0. The predicted octanol–water partition coefficient (Wildman–Crippen LogP) is 2.81. The molecule has 0 unspecified atom stereocenters. The molecule has 0 spiro atoms. The van der Waals surface area contributed by atoms with Gasteiger partial charge in [0.25, 0.3) is 0 Å². The number of rotatable bonds is 3. The predicted molar refractivity (Wildman–Crippen MR) is 79.4 cm³/mol. The van der Waals surface area contributed by atoms with Crippen molar-refractivity contribution in [2.45, 2.75) is 44.6 Å². The molecule has 114 valence electrons. The zero-order valence-electron chi connectivity index (χ0n) is 12.2. The highest BCUT2D eigenvalue weighted by atomic mass is 19.1. The van der Waals surface area contributed by atoms with Crippen LogP contribution in [0.1, 0.15) is 38.5 Å². The molecule has 2 fully saturated rings. The molecule has 1 aromatic heterocycles. The molecule has 1 amide bonds. The average Bonchev–Trinajstić information content (AvgIpc) is 3.04. The fourth-order valence-electron chi connectivity index (χ4n) is 3.36. The van der Waals surface area contributed by atoms with Crippen LogP contribution in [0.2, 0.25) is 0 Å². The Balaban J connectivity index is 1.51. The van der Waals surface area contributed by atoms with Crippen LogP contribution in [0.4, 0.5) is 10.2 Å². The molecule has 5 heteroatoms. The zero-order chi connectivity index (χ0) is 14.7. The summed E-state index contributed by atoms with van der Waals surface area (Å²) in [4.78, 5) is 18.4. The van der Waals surface area contributed by atoms with Crippen LogP contribution in [0.25, 0.3) is 0 Å². The first-order valence-electron chi connectivity index (χ1n) is 7.90. The second-order valence-electron chi connectivity index (χ2n) is 6.06. The molecule has 1 saturated heterocycles. The highest BCUT2D eigenvalue weighted by Gasteiger charge is 2.30. The lowest BCUT2D eigenvalue weighted by atomic mass is 10.0. The van der Waals surface area contributed by atoms with Gasteiger partial charge in [0.2, 0.25) is 5.91 Å². The van der Waals surface area contributed by atoms with Crippen molar-refractivity contribution < 1.29 is 9.18 Å². The van der Waals surface area contributed by atoms with Crippen molar-refractivity contribution in [3.05, 3.63) is 24.1 Å². The van der Waals surface area contributed by atoms with Crippen molar-refractivity contribution in [2.24, 2.45) is 5.92 Å². The maximum absolute atomic E-state index is 13.6. The summed E-state index contributed by atoms with van der Waals surface area (Å²) < 4.78 is 13.6. The van der Waals surface area contributed by atoms with Crippen LogP contribution >= 0.6 is 0 Å². The van der Waals surface area contributed by atoms with Crippen molar-refractivity contribution in [2.75, 3.05) is 18.4 Å². The van der Waals surface area contributed by atoms with Crippen LogP contribution in [-0.2, 0) is 4.79 Å². The number of carbonyl (C=O) groups excluding carboxylic acids is 1. The maximum Gasteiger partial charge on any atom is 0.225 e. The second kappa shape index (κ2) is 6.41. The summed E-state index contributed by atoms with van der Waals surface area (Å²) in [6.07, 6.45) is 7.78. The normalized spacial score (nSPS) is 20.7. The number of amides is 1. The number of pyridine rings is 1. The summed E-state index contributed by atoms with van der Waals surface area (Å²) in [5.74, 6) is 0.581. The lowest BCUT2D eigenvalue weighted by molar-refractivity contribution is -0.136. The van der Waals surface area contributed by atoms with Crippen LogP contribution in [0.3, 0.4) is 0 Å². The van der Waals surface area contributed by atoms with E-state index in [2.05, 4.69) is 10.3 Å². The molecule has 1 aliphatic carbocycles. The first-order valence-corrected chi connectivity index (χ1v) is 7.90. The number of hydrogen-bond acceptors (Lipinski definition) is 3. The summed E-state index contributed by atoms with van der Waals surface area (Å²) in [7, 11) is 0. The van der Waals surface area contributed by atoms with E-state index in [1.807, 2.05) is 4.90 Å². The molecule has 4 nitrogen and oxygen atoms in total. The Kier molecular flexibility index (Phi) is 4.36. The standard InChI is InChI=1S/C16H22FN3O/c17-14-6-3-9-18-15(14)19-13-7-10-20(11-8-13)16(21)12-4-1-2-5-12/h3,6,9,12-13H,1-2,4-5,7-8,10-11H2,(H,18,19). The molecule has 3 rings (SSSR count). The molecule has 0 aromatic carbocycles. The lowest BCUT2D eigenvalue weighted by Crippen LogP contribution is -2.44. The fraction of sp³-hybridized carbons (Fsp3) is 0.625. The van der Waals surface area contributed by atoms with Gasteiger partial charge < -0.3 is 10.2 Å². The smallest absolute Gasteiger partial charge is 0.225 e. The topological polar surface area (TPSA) is 45.2 Å². The van der Waals surface area contributed by atoms with Gasteiger partial charge in [0.05, 0.1) is 0 Å². The zero-order valence-corrected chi connectivity index (χ0v) is 12.2.